The SMILES string of the molecule is O=P(O)(O)C(F)(F)c1ccc(C(F)(F)SCc2c(F)c(F)c(F)c(F)c2F)cc1Br. The Bertz CT molecular complexity index is 1020. The third-order valence-corrected chi connectivity index (χ3v) is 6.35. The smallest absolute Gasteiger partial charge is 0.320 e. The van der Waals surface area contributed by atoms with Crippen molar-refractivity contribution in [2.24, 2.45) is 0 Å². The first-order chi connectivity index (χ1) is 13.5. The van der Waals surface area contributed by atoms with Crippen molar-refractivity contribution in [3.63, 3.8) is 0 Å². The highest BCUT2D eigenvalue weighted by Crippen LogP contribution is 2.60. The van der Waals surface area contributed by atoms with Crippen LogP contribution in [-0.4, -0.2) is 9.79 Å². The summed E-state index contributed by atoms with van der Waals surface area (Å²) in [5.41, 5.74) is -8.57. The summed E-state index contributed by atoms with van der Waals surface area (Å²) in [6.45, 7) is 0. The average molecular weight is 549 g/mol. The van der Waals surface area contributed by atoms with Gasteiger partial charge in [-0.25, -0.2) is 22.0 Å². The van der Waals surface area contributed by atoms with Gasteiger partial charge in [0.25, 0.3) is 0 Å². The molecule has 2 aromatic carbocycles. The van der Waals surface area contributed by atoms with Crippen LogP contribution in [0.3, 0.4) is 0 Å². The van der Waals surface area contributed by atoms with Crippen LogP contribution in [0.4, 0.5) is 39.5 Å². The topological polar surface area (TPSA) is 57.5 Å². The molecule has 0 radical (unpaired) electrons. The largest absolute Gasteiger partial charge is 0.399 e. The maximum Gasteiger partial charge on any atom is 0.399 e. The van der Waals surface area contributed by atoms with Crippen LogP contribution in [0.15, 0.2) is 22.7 Å². The van der Waals surface area contributed by atoms with Crippen LogP contribution >= 0.6 is 35.3 Å². The van der Waals surface area contributed by atoms with Gasteiger partial charge < -0.3 is 9.79 Å². The Labute approximate surface area is 174 Å². The van der Waals surface area contributed by atoms with E-state index < -0.39 is 86.3 Å². The van der Waals surface area contributed by atoms with E-state index in [9.17, 15) is 44.1 Å². The molecule has 0 atom stereocenters. The highest BCUT2D eigenvalue weighted by Gasteiger charge is 2.51. The minimum absolute atomic E-state index is 0.297. The van der Waals surface area contributed by atoms with Gasteiger partial charge in [0, 0.05) is 26.9 Å². The van der Waals surface area contributed by atoms with E-state index in [1.54, 1.807) is 0 Å². The van der Waals surface area contributed by atoms with Crippen molar-refractivity contribution in [2.45, 2.75) is 16.7 Å². The Morgan fingerprint density at radius 2 is 1.37 bits per heavy atom. The first-order valence-electron chi connectivity index (χ1n) is 7.28. The molecule has 0 aliphatic heterocycles. The molecule has 2 N–H and O–H groups in total. The molecular formula is C15H7BrF9O3PS. The molecule has 0 heterocycles. The molecule has 0 saturated heterocycles. The van der Waals surface area contributed by atoms with E-state index in [4.69, 9.17) is 9.79 Å². The predicted octanol–water partition coefficient (Wildman–Crippen LogP) is 6.35. The fourth-order valence-corrected chi connectivity index (χ4v) is 4.28. The van der Waals surface area contributed by atoms with Gasteiger partial charge in [0.15, 0.2) is 23.3 Å². The zero-order chi connectivity index (χ0) is 23.2. The zero-order valence-corrected chi connectivity index (χ0v) is 17.2. The van der Waals surface area contributed by atoms with Gasteiger partial charge in [0.05, 0.1) is 0 Å². The van der Waals surface area contributed by atoms with Crippen LogP contribution in [0.5, 0.6) is 0 Å². The number of halogens is 10. The Hall–Kier alpha value is -1.21. The third-order valence-electron chi connectivity index (χ3n) is 3.69. The number of thioether (sulfide) groups is 1. The van der Waals surface area contributed by atoms with E-state index in [1.165, 1.54) is 0 Å². The summed E-state index contributed by atoms with van der Waals surface area (Å²) in [6.07, 6.45) is 0. The van der Waals surface area contributed by atoms with Crippen LogP contribution in [-0.2, 0) is 21.2 Å². The van der Waals surface area contributed by atoms with Gasteiger partial charge in [-0.1, -0.05) is 39.8 Å². The van der Waals surface area contributed by atoms with Gasteiger partial charge in [-0.15, -0.1) is 0 Å². The molecule has 0 amide bonds. The monoisotopic (exact) mass is 548 g/mol. The van der Waals surface area contributed by atoms with Gasteiger partial charge in [0.1, 0.15) is 0 Å². The van der Waals surface area contributed by atoms with Crippen LogP contribution in [0.2, 0.25) is 0 Å². The second-order valence-corrected chi connectivity index (χ2v) is 9.23. The van der Waals surface area contributed by atoms with Crippen molar-refractivity contribution >= 4 is 35.3 Å². The van der Waals surface area contributed by atoms with Gasteiger partial charge in [-0.2, -0.15) is 17.6 Å². The van der Waals surface area contributed by atoms with Crippen molar-refractivity contribution in [3.05, 3.63) is 68.4 Å². The number of hydrogen-bond acceptors (Lipinski definition) is 2. The van der Waals surface area contributed by atoms with Crippen molar-refractivity contribution in [3.8, 4) is 0 Å². The maximum absolute atomic E-state index is 14.3. The van der Waals surface area contributed by atoms with Gasteiger partial charge in [0.2, 0.25) is 5.82 Å². The summed E-state index contributed by atoms with van der Waals surface area (Å²) >= 11 is 1.92. The van der Waals surface area contributed by atoms with Crippen LogP contribution in [0, 0.1) is 29.1 Å². The molecule has 2 rings (SSSR count). The molecule has 0 spiro atoms. The number of alkyl halides is 4. The molecule has 0 saturated carbocycles. The highest BCUT2D eigenvalue weighted by molar-refractivity contribution is 9.10. The zero-order valence-electron chi connectivity index (χ0n) is 13.9. The molecule has 0 aromatic heterocycles. The lowest BCUT2D eigenvalue weighted by Crippen LogP contribution is -2.16. The molecular weight excluding hydrogens is 542 g/mol. The maximum atomic E-state index is 14.3. The second-order valence-electron chi connectivity index (χ2n) is 5.63. The minimum Gasteiger partial charge on any atom is -0.320 e. The number of benzene rings is 2. The van der Waals surface area contributed by atoms with Crippen LogP contribution in [0.25, 0.3) is 0 Å². The molecule has 2 aromatic rings. The Morgan fingerprint density at radius 1 is 0.900 bits per heavy atom. The van der Waals surface area contributed by atoms with Gasteiger partial charge >= 0.3 is 18.5 Å². The van der Waals surface area contributed by atoms with Crippen molar-refractivity contribution in [1.82, 2.24) is 0 Å². The van der Waals surface area contributed by atoms with E-state index in [-0.39, 0.29) is 0 Å². The molecule has 15 heteroatoms. The summed E-state index contributed by atoms with van der Waals surface area (Å²) < 4.78 is 133. The average Bonchev–Trinajstić information content (AvgIpc) is 2.63. The first-order valence-corrected chi connectivity index (χ1v) is 10.7. The fraction of sp³-hybridized carbons (Fsp3) is 0.200. The van der Waals surface area contributed by atoms with Crippen molar-refractivity contribution < 1.29 is 53.9 Å². The molecule has 166 valence electrons. The van der Waals surface area contributed by atoms with E-state index in [0.717, 1.165) is 0 Å². The number of rotatable bonds is 6. The standard InChI is InChI=1S/C15H7BrF9O3PS/c16-8-3-5(1-2-7(8)14(22,23)29(26,27)28)15(24,25)30-4-6-9(17)11(19)13(21)12(20)10(6)18/h1-3H,4H2,(H2,26,27,28). The van der Waals surface area contributed by atoms with Crippen molar-refractivity contribution in [2.75, 3.05) is 0 Å². The highest BCUT2D eigenvalue weighted by atomic mass is 79.9. The number of hydrogen-bond donors (Lipinski definition) is 2. The van der Waals surface area contributed by atoms with Gasteiger partial charge in [-0.05, 0) is 6.07 Å². The molecule has 0 unspecified atom stereocenters. The Balaban J connectivity index is 2.36. The first kappa shape index (κ1) is 25.1. The summed E-state index contributed by atoms with van der Waals surface area (Å²) in [6, 6.07) is 1.05. The lowest BCUT2D eigenvalue weighted by molar-refractivity contribution is 0.0554. The van der Waals surface area contributed by atoms with E-state index >= 15 is 0 Å². The van der Waals surface area contributed by atoms with Gasteiger partial charge in [-0.3, -0.25) is 4.57 Å². The minimum atomic E-state index is -5.99. The molecule has 0 bridgehead atoms. The summed E-state index contributed by atoms with van der Waals surface area (Å²) in [4.78, 5) is 17.4. The normalized spacial score (nSPS) is 13.1. The quantitative estimate of drug-likeness (QED) is 0.191. The third kappa shape index (κ3) is 4.52. The molecule has 0 aliphatic carbocycles. The van der Waals surface area contributed by atoms with E-state index in [2.05, 4.69) is 15.9 Å². The summed E-state index contributed by atoms with van der Waals surface area (Å²) in [5.74, 6) is -13.1. The van der Waals surface area contributed by atoms with Crippen LogP contribution < -0.4 is 0 Å². The Kier molecular flexibility index (Phi) is 7.00. The lowest BCUT2D eigenvalue weighted by atomic mass is 10.1. The van der Waals surface area contributed by atoms with E-state index in [0.29, 0.717) is 18.2 Å². The van der Waals surface area contributed by atoms with Crippen molar-refractivity contribution in [1.29, 1.82) is 0 Å². The molecule has 3 nitrogen and oxygen atoms in total. The Morgan fingerprint density at radius 3 is 1.80 bits per heavy atom. The predicted molar refractivity (Wildman–Crippen MR) is 91.5 cm³/mol. The molecule has 0 aliphatic rings. The van der Waals surface area contributed by atoms with E-state index in [1.807, 2.05) is 0 Å². The molecule has 30 heavy (non-hydrogen) atoms. The second kappa shape index (κ2) is 8.38. The lowest BCUT2D eigenvalue weighted by Gasteiger charge is -2.21. The molecule has 0 fully saturated rings. The summed E-state index contributed by atoms with van der Waals surface area (Å²) in [7, 11) is -5.99. The van der Waals surface area contributed by atoms with Crippen LogP contribution in [0.1, 0.15) is 16.7 Å². The fourth-order valence-electron chi connectivity index (χ4n) is 2.12. The summed E-state index contributed by atoms with van der Waals surface area (Å²) in [5, 5.41) is -4.07.